The second-order valence-electron chi connectivity index (χ2n) is 8.01. The van der Waals surface area contributed by atoms with Crippen LogP contribution in [-0.2, 0) is 0 Å². The maximum Gasteiger partial charge on any atom is 0.322 e. The topological polar surface area (TPSA) is 45.2 Å². The van der Waals surface area contributed by atoms with Crippen molar-refractivity contribution in [3.63, 3.8) is 0 Å². The predicted octanol–water partition coefficient (Wildman–Crippen LogP) is 5.24. The maximum absolute atomic E-state index is 13.6. The van der Waals surface area contributed by atoms with Crippen molar-refractivity contribution >= 4 is 11.7 Å². The number of anilines is 1. The van der Waals surface area contributed by atoms with E-state index in [1.165, 1.54) is 6.07 Å². The largest absolute Gasteiger partial charge is 0.322 e. The Hall–Kier alpha value is -2.57. The van der Waals surface area contributed by atoms with Crippen LogP contribution in [0.3, 0.4) is 0 Å². The SMILES string of the molecule is Cc1ccc(NC(=O)N2CCC3(C[C@H]2C)CC3(F)F)cc1-c1cncc(F)c1. The molecule has 1 aliphatic heterocycles. The molecule has 1 spiro atoms. The van der Waals surface area contributed by atoms with Gasteiger partial charge in [-0.25, -0.2) is 18.0 Å². The molecule has 2 amide bonds. The monoisotopic (exact) mass is 389 g/mol. The van der Waals surface area contributed by atoms with E-state index in [9.17, 15) is 18.0 Å². The van der Waals surface area contributed by atoms with Crippen LogP contribution in [0.2, 0.25) is 0 Å². The molecule has 2 heterocycles. The van der Waals surface area contributed by atoms with Gasteiger partial charge in [-0.2, -0.15) is 0 Å². The molecule has 0 radical (unpaired) electrons. The number of carbonyl (C=O) groups is 1. The third kappa shape index (κ3) is 3.23. The number of hydrogen-bond acceptors (Lipinski definition) is 2. The minimum atomic E-state index is -2.59. The third-order valence-electron chi connectivity index (χ3n) is 6.03. The molecule has 28 heavy (non-hydrogen) atoms. The number of halogens is 3. The van der Waals surface area contributed by atoms with Crippen LogP contribution in [0.15, 0.2) is 36.7 Å². The molecule has 0 bridgehead atoms. The van der Waals surface area contributed by atoms with Crippen LogP contribution < -0.4 is 5.32 Å². The van der Waals surface area contributed by atoms with Gasteiger partial charge in [-0.05, 0) is 56.0 Å². The highest BCUT2D eigenvalue weighted by Crippen LogP contribution is 2.66. The molecule has 4 nitrogen and oxygen atoms in total. The van der Waals surface area contributed by atoms with Gasteiger partial charge in [0.15, 0.2) is 0 Å². The first-order chi connectivity index (χ1) is 13.2. The second kappa shape index (κ2) is 6.50. The minimum absolute atomic E-state index is 0.0667. The van der Waals surface area contributed by atoms with Crippen molar-refractivity contribution in [3.05, 3.63) is 48.0 Å². The van der Waals surface area contributed by atoms with E-state index < -0.39 is 17.2 Å². The molecule has 1 N–H and O–H groups in total. The first-order valence-electron chi connectivity index (χ1n) is 9.38. The Kier molecular flexibility index (Phi) is 4.36. The van der Waals surface area contributed by atoms with E-state index in [0.717, 1.165) is 17.3 Å². The van der Waals surface area contributed by atoms with Gasteiger partial charge in [-0.15, -0.1) is 0 Å². The number of rotatable bonds is 2. The van der Waals surface area contributed by atoms with Crippen molar-refractivity contribution in [2.75, 3.05) is 11.9 Å². The first kappa shape index (κ1) is 18.8. The highest BCUT2D eigenvalue weighted by molar-refractivity contribution is 5.90. The number of nitrogens with zero attached hydrogens (tertiary/aromatic N) is 2. The fourth-order valence-electron chi connectivity index (χ4n) is 4.27. The number of piperidine rings is 1. The Labute approximate surface area is 161 Å². The van der Waals surface area contributed by atoms with E-state index in [0.29, 0.717) is 30.6 Å². The van der Waals surface area contributed by atoms with Gasteiger partial charge < -0.3 is 10.2 Å². The average molecular weight is 389 g/mol. The predicted molar refractivity (Wildman–Crippen MR) is 101 cm³/mol. The van der Waals surface area contributed by atoms with E-state index in [1.807, 2.05) is 19.9 Å². The van der Waals surface area contributed by atoms with Crippen molar-refractivity contribution in [2.45, 2.75) is 45.1 Å². The number of hydrogen-bond donors (Lipinski definition) is 1. The molecule has 1 aromatic heterocycles. The second-order valence-corrected chi connectivity index (χ2v) is 8.01. The molecule has 148 valence electrons. The van der Waals surface area contributed by atoms with Crippen LogP contribution in [0.5, 0.6) is 0 Å². The Balaban J connectivity index is 1.49. The van der Waals surface area contributed by atoms with Crippen LogP contribution >= 0.6 is 0 Å². The van der Waals surface area contributed by atoms with E-state index in [-0.39, 0.29) is 18.5 Å². The Morgan fingerprint density at radius 1 is 1.29 bits per heavy atom. The molecule has 2 aromatic rings. The zero-order valence-corrected chi connectivity index (χ0v) is 15.8. The highest BCUT2D eigenvalue weighted by Gasteiger charge is 2.71. The molecule has 1 aliphatic carbocycles. The zero-order valence-electron chi connectivity index (χ0n) is 15.8. The number of aryl methyl sites for hydroxylation is 1. The lowest BCUT2D eigenvalue weighted by molar-refractivity contribution is 0.0246. The Morgan fingerprint density at radius 3 is 2.68 bits per heavy atom. The number of nitrogens with one attached hydrogen (secondary N) is 1. The Bertz CT molecular complexity index is 933. The van der Waals surface area contributed by atoms with Gasteiger partial charge in [0.1, 0.15) is 5.82 Å². The summed E-state index contributed by atoms with van der Waals surface area (Å²) in [6, 6.07) is 6.22. The van der Waals surface area contributed by atoms with Gasteiger partial charge in [0.25, 0.3) is 5.92 Å². The van der Waals surface area contributed by atoms with E-state index in [1.54, 1.807) is 23.2 Å². The molecule has 1 saturated carbocycles. The standard InChI is InChI=1S/C21H22F3N3O/c1-13-3-4-17(8-18(13)15-7-16(22)11-25-10-15)26-19(28)27-6-5-20(9-14(27)2)12-21(20,23)24/h3-4,7-8,10-11,14H,5-6,9,12H2,1-2H3,(H,26,28)/t14-,20?/m1/s1. The number of aromatic nitrogens is 1. The van der Waals surface area contributed by atoms with Gasteiger partial charge >= 0.3 is 6.03 Å². The number of benzene rings is 1. The number of pyridine rings is 1. The van der Waals surface area contributed by atoms with Crippen LogP contribution in [-0.4, -0.2) is 34.4 Å². The fourth-order valence-corrected chi connectivity index (χ4v) is 4.27. The van der Waals surface area contributed by atoms with Crippen molar-refractivity contribution < 1.29 is 18.0 Å². The van der Waals surface area contributed by atoms with Crippen molar-refractivity contribution in [1.82, 2.24) is 9.88 Å². The quantitative estimate of drug-likeness (QED) is 0.764. The first-order valence-corrected chi connectivity index (χ1v) is 9.38. The van der Waals surface area contributed by atoms with Crippen molar-refractivity contribution in [3.8, 4) is 11.1 Å². The summed E-state index contributed by atoms with van der Waals surface area (Å²) in [6.45, 7) is 4.02. The summed E-state index contributed by atoms with van der Waals surface area (Å²) in [5, 5.41) is 2.85. The van der Waals surface area contributed by atoms with Gasteiger partial charge in [0, 0.05) is 41.9 Å². The van der Waals surface area contributed by atoms with E-state index >= 15 is 0 Å². The molecule has 2 aliphatic rings. The Morgan fingerprint density at radius 2 is 2.04 bits per heavy atom. The molecule has 2 atom stereocenters. The molecular formula is C21H22F3N3O. The lowest BCUT2D eigenvalue weighted by atomic mass is 9.88. The lowest BCUT2D eigenvalue weighted by Crippen LogP contribution is -2.48. The fraction of sp³-hybridized carbons (Fsp3) is 0.429. The smallest absolute Gasteiger partial charge is 0.322 e. The van der Waals surface area contributed by atoms with Crippen LogP contribution in [0.25, 0.3) is 11.1 Å². The number of carbonyl (C=O) groups excluding carboxylic acids is 1. The van der Waals surface area contributed by atoms with Crippen molar-refractivity contribution in [1.29, 1.82) is 0 Å². The molecule has 1 aromatic carbocycles. The molecular weight excluding hydrogens is 367 g/mol. The summed E-state index contributed by atoms with van der Waals surface area (Å²) in [5.41, 5.74) is 1.98. The number of amides is 2. The molecule has 2 fully saturated rings. The van der Waals surface area contributed by atoms with E-state index in [4.69, 9.17) is 0 Å². The third-order valence-corrected chi connectivity index (χ3v) is 6.03. The summed E-state index contributed by atoms with van der Waals surface area (Å²) in [6.07, 6.45) is 3.29. The normalized spacial score (nSPS) is 25.6. The molecule has 1 unspecified atom stereocenters. The van der Waals surface area contributed by atoms with Crippen LogP contribution in [0, 0.1) is 18.2 Å². The van der Waals surface area contributed by atoms with Gasteiger partial charge in [-0.3, -0.25) is 4.98 Å². The molecule has 4 rings (SSSR count). The summed E-state index contributed by atoms with van der Waals surface area (Å²) in [7, 11) is 0. The van der Waals surface area contributed by atoms with Crippen LogP contribution in [0.1, 0.15) is 31.7 Å². The van der Waals surface area contributed by atoms with Gasteiger partial charge in [0.2, 0.25) is 0 Å². The highest BCUT2D eigenvalue weighted by atomic mass is 19.3. The lowest BCUT2D eigenvalue weighted by Gasteiger charge is -2.38. The summed E-state index contributed by atoms with van der Waals surface area (Å²) in [4.78, 5) is 18.2. The zero-order chi connectivity index (χ0) is 20.1. The minimum Gasteiger partial charge on any atom is -0.322 e. The van der Waals surface area contributed by atoms with Gasteiger partial charge in [0.05, 0.1) is 6.20 Å². The van der Waals surface area contributed by atoms with E-state index in [2.05, 4.69) is 10.3 Å². The molecule has 7 heteroatoms. The summed E-state index contributed by atoms with van der Waals surface area (Å²) >= 11 is 0. The maximum atomic E-state index is 13.6. The number of alkyl halides is 2. The summed E-state index contributed by atoms with van der Waals surface area (Å²) < 4.78 is 40.8. The summed E-state index contributed by atoms with van der Waals surface area (Å²) in [5.74, 6) is -3.02. The van der Waals surface area contributed by atoms with Crippen LogP contribution in [0.4, 0.5) is 23.7 Å². The van der Waals surface area contributed by atoms with Gasteiger partial charge in [-0.1, -0.05) is 6.07 Å². The number of urea groups is 1. The molecule has 1 saturated heterocycles. The average Bonchev–Trinajstić information content (AvgIpc) is 3.15. The van der Waals surface area contributed by atoms with Crippen molar-refractivity contribution in [2.24, 2.45) is 5.41 Å². The number of likely N-dealkylation sites (tertiary alicyclic amines) is 1.